The molecule has 92 valence electrons. The van der Waals surface area contributed by atoms with Crippen LogP contribution in [-0.2, 0) is 20.0 Å². The van der Waals surface area contributed by atoms with Crippen LogP contribution in [0, 0.1) is 0 Å². The molecule has 0 unspecified atom stereocenters. The molecule has 2 rings (SSSR count). The first-order chi connectivity index (χ1) is 8.29. The quantitative estimate of drug-likeness (QED) is 0.763. The molecular formula is C12H18N4O. The highest BCUT2D eigenvalue weighted by Gasteiger charge is 2.01. The van der Waals surface area contributed by atoms with E-state index in [1.165, 1.54) is 5.69 Å². The summed E-state index contributed by atoms with van der Waals surface area (Å²) in [7, 11) is 1.94. The molecule has 0 spiro atoms. The molecule has 0 amide bonds. The van der Waals surface area contributed by atoms with Crippen molar-refractivity contribution in [3.05, 3.63) is 30.4 Å². The van der Waals surface area contributed by atoms with Crippen molar-refractivity contribution in [1.29, 1.82) is 0 Å². The molecule has 5 heteroatoms. The summed E-state index contributed by atoms with van der Waals surface area (Å²) in [6.45, 7) is 3.72. The van der Waals surface area contributed by atoms with E-state index in [0.29, 0.717) is 6.61 Å². The summed E-state index contributed by atoms with van der Waals surface area (Å²) >= 11 is 0. The van der Waals surface area contributed by atoms with Crippen molar-refractivity contribution in [3.63, 3.8) is 0 Å². The van der Waals surface area contributed by atoms with E-state index in [2.05, 4.69) is 17.1 Å². The Morgan fingerprint density at radius 1 is 1.35 bits per heavy atom. The van der Waals surface area contributed by atoms with Crippen LogP contribution in [0.2, 0.25) is 0 Å². The SMILES string of the molecule is CCCn1cc(OCCc2ccnn2C)cn1. The van der Waals surface area contributed by atoms with Gasteiger partial charge in [-0.1, -0.05) is 6.92 Å². The summed E-state index contributed by atoms with van der Waals surface area (Å²) in [6, 6.07) is 2.00. The average molecular weight is 234 g/mol. The predicted octanol–water partition coefficient (Wildman–Crippen LogP) is 1.65. The van der Waals surface area contributed by atoms with Crippen molar-refractivity contribution in [2.24, 2.45) is 7.05 Å². The predicted molar refractivity (Wildman–Crippen MR) is 64.9 cm³/mol. The third-order valence-electron chi connectivity index (χ3n) is 2.61. The van der Waals surface area contributed by atoms with E-state index in [-0.39, 0.29) is 0 Å². The largest absolute Gasteiger partial charge is 0.490 e. The highest BCUT2D eigenvalue weighted by molar-refractivity contribution is 5.12. The minimum atomic E-state index is 0.650. The van der Waals surface area contributed by atoms with Gasteiger partial charge in [-0.05, 0) is 12.5 Å². The van der Waals surface area contributed by atoms with Gasteiger partial charge in [-0.25, -0.2) is 0 Å². The van der Waals surface area contributed by atoms with Crippen molar-refractivity contribution in [3.8, 4) is 5.75 Å². The number of aromatic nitrogens is 4. The maximum Gasteiger partial charge on any atom is 0.157 e. The average Bonchev–Trinajstić information content (AvgIpc) is 2.90. The number of rotatable bonds is 6. The molecule has 0 aromatic carbocycles. The van der Waals surface area contributed by atoms with Crippen LogP contribution >= 0.6 is 0 Å². The van der Waals surface area contributed by atoms with Gasteiger partial charge in [0.15, 0.2) is 5.75 Å². The zero-order chi connectivity index (χ0) is 12.1. The molecule has 0 aliphatic carbocycles. The van der Waals surface area contributed by atoms with Crippen molar-refractivity contribution < 1.29 is 4.74 Å². The molecule has 0 fully saturated rings. The Labute approximate surface area is 101 Å². The van der Waals surface area contributed by atoms with E-state index < -0.39 is 0 Å². The molecule has 0 saturated carbocycles. The number of aryl methyl sites for hydroxylation is 2. The first-order valence-corrected chi connectivity index (χ1v) is 5.91. The second kappa shape index (κ2) is 5.52. The molecule has 0 aliphatic rings. The first-order valence-electron chi connectivity index (χ1n) is 5.91. The molecule has 0 bridgehead atoms. The molecule has 2 aromatic heterocycles. The van der Waals surface area contributed by atoms with Gasteiger partial charge in [0, 0.05) is 31.9 Å². The minimum absolute atomic E-state index is 0.650. The van der Waals surface area contributed by atoms with Crippen LogP contribution in [0.5, 0.6) is 5.75 Å². The molecule has 17 heavy (non-hydrogen) atoms. The Hall–Kier alpha value is -1.78. The molecule has 2 aromatic rings. The van der Waals surface area contributed by atoms with Crippen molar-refractivity contribution in [1.82, 2.24) is 19.6 Å². The van der Waals surface area contributed by atoms with Crippen molar-refractivity contribution in [2.75, 3.05) is 6.61 Å². The third-order valence-corrected chi connectivity index (χ3v) is 2.61. The molecule has 0 saturated heterocycles. The van der Waals surface area contributed by atoms with Gasteiger partial charge in [0.2, 0.25) is 0 Å². The van der Waals surface area contributed by atoms with Gasteiger partial charge in [0.1, 0.15) is 0 Å². The van der Waals surface area contributed by atoms with E-state index in [9.17, 15) is 0 Å². The fraction of sp³-hybridized carbons (Fsp3) is 0.500. The van der Waals surface area contributed by atoms with E-state index in [4.69, 9.17) is 4.74 Å². The fourth-order valence-corrected chi connectivity index (χ4v) is 1.69. The summed E-state index contributed by atoms with van der Waals surface area (Å²) in [4.78, 5) is 0. The fourth-order valence-electron chi connectivity index (χ4n) is 1.69. The molecule has 2 heterocycles. The second-order valence-electron chi connectivity index (χ2n) is 3.98. The van der Waals surface area contributed by atoms with Crippen LogP contribution in [0.4, 0.5) is 0 Å². The van der Waals surface area contributed by atoms with Crippen LogP contribution < -0.4 is 4.74 Å². The van der Waals surface area contributed by atoms with Gasteiger partial charge >= 0.3 is 0 Å². The van der Waals surface area contributed by atoms with Crippen LogP contribution in [0.15, 0.2) is 24.7 Å². The summed E-state index contributed by atoms with van der Waals surface area (Å²) in [5.74, 6) is 0.834. The van der Waals surface area contributed by atoms with Gasteiger partial charge in [-0.15, -0.1) is 0 Å². The van der Waals surface area contributed by atoms with E-state index in [1.54, 1.807) is 12.4 Å². The van der Waals surface area contributed by atoms with Crippen LogP contribution in [0.1, 0.15) is 19.0 Å². The highest BCUT2D eigenvalue weighted by Crippen LogP contribution is 2.09. The number of ether oxygens (including phenoxy) is 1. The van der Waals surface area contributed by atoms with E-state index in [0.717, 1.165) is 25.1 Å². The Morgan fingerprint density at radius 2 is 2.24 bits per heavy atom. The molecule has 0 N–H and O–H groups in total. The van der Waals surface area contributed by atoms with Gasteiger partial charge in [0.25, 0.3) is 0 Å². The van der Waals surface area contributed by atoms with Gasteiger partial charge in [-0.2, -0.15) is 10.2 Å². The topological polar surface area (TPSA) is 44.9 Å². The van der Waals surface area contributed by atoms with Gasteiger partial charge < -0.3 is 4.74 Å². The maximum atomic E-state index is 5.64. The molecule has 5 nitrogen and oxygen atoms in total. The van der Waals surface area contributed by atoms with Crippen molar-refractivity contribution >= 4 is 0 Å². The van der Waals surface area contributed by atoms with Gasteiger partial charge in [0.05, 0.1) is 19.0 Å². The zero-order valence-corrected chi connectivity index (χ0v) is 10.3. The number of hydrogen-bond donors (Lipinski definition) is 0. The van der Waals surface area contributed by atoms with Crippen LogP contribution in [0.3, 0.4) is 0 Å². The highest BCUT2D eigenvalue weighted by atomic mass is 16.5. The molecular weight excluding hydrogens is 216 g/mol. The Kier molecular flexibility index (Phi) is 3.80. The van der Waals surface area contributed by atoms with E-state index >= 15 is 0 Å². The third kappa shape index (κ3) is 3.09. The second-order valence-corrected chi connectivity index (χ2v) is 3.98. The lowest BCUT2D eigenvalue weighted by molar-refractivity contribution is 0.318. The monoisotopic (exact) mass is 234 g/mol. The lowest BCUT2D eigenvalue weighted by Gasteiger charge is -2.03. The van der Waals surface area contributed by atoms with Gasteiger partial charge in [-0.3, -0.25) is 9.36 Å². The minimum Gasteiger partial charge on any atom is -0.490 e. The summed E-state index contributed by atoms with van der Waals surface area (Å²) in [5, 5.41) is 8.33. The van der Waals surface area contributed by atoms with E-state index in [1.807, 2.05) is 28.7 Å². The molecule has 0 radical (unpaired) electrons. The molecule has 0 atom stereocenters. The lowest BCUT2D eigenvalue weighted by atomic mass is 10.3. The maximum absolute atomic E-state index is 5.64. The Balaban J connectivity index is 1.80. The number of nitrogens with zero attached hydrogens (tertiary/aromatic N) is 4. The molecule has 0 aliphatic heterocycles. The summed E-state index contributed by atoms with van der Waals surface area (Å²) < 4.78 is 9.40. The first kappa shape index (κ1) is 11.7. The smallest absolute Gasteiger partial charge is 0.157 e. The lowest BCUT2D eigenvalue weighted by Crippen LogP contribution is -2.05. The Morgan fingerprint density at radius 3 is 2.94 bits per heavy atom. The Bertz CT molecular complexity index is 461. The van der Waals surface area contributed by atoms with Crippen LogP contribution in [-0.4, -0.2) is 26.2 Å². The standard InChI is InChI=1S/C12H18N4O/c1-3-7-16-10-12(9-14-16)17-8-5-11-4-6-13-15(11)2/h4,6,9-10H,3,5,7-8H2,1-2H3. The van der Waals surface area contributed by atoms with Crippen molar-refractivity contribution in [2.45, 2.75) is 26.3 Å². The normalized spacial score (nSPS) is 10.7. The number of hydrogen-bond acceptors (Lipinski definition) is 3. The summed E-state index contributed by atoms with van der Waals surface area (Å²) in [6.07, 6.45) is 7.44. The summed E-state index contributed by atoms with van der Waals surface area (Å²) in [5.41, 5.74) is 1.17. The zero-order valence-electron chi connectivity index (χ0n) is 10.3. The van der Waals surface area contributed by atoms with Crippen LogP contribution in [0.25, 0.3) is 0 Å².